The third kappa shape index (κ3) is 12.5. The van der Waals surface area contributed by atoms with Gasteiger partial charge in [0.2, 0.25) is 0 Å². The Morgan fingerprint density at radius 2 is 1.36 bits per heavy atom. The zero-order valence-corrected chi connectivity index (χ0v) is 47.5. The Morgan fingerprint density at radius 1 is 0.667 bits per heavy atom. The van der Waals surface area contributed by atoms with Crippen LogP contribution in [0.2, 0.25) is 5.04 Å². The van der Waals surface area contributed by atoms with Crippen LogP contribution in [0.15, 0.2) is 169 Å². The van der Waals surface area contributed by atoms with E-state index in [0.717, 1.165) is 33.8 Å². The molecule has 0 bridgehead atoms. The van der Waals surface area contributed by atoms with Crippen molar-refractivity contribution in [2.24, 2.45) is 0 Å². The summed E-state index contributed by atoms with van der Waals surface area (Å²) in [5.41, 5.74) is 3.16. The van der Waals surface area contributed by atoms with Crippen molar-refractivity contribution in [3.8, 4) is 5.75 Å². The van der Waals surface area contributed by atoms with E-state index in [1.54, 1.807) is 7.11 Å². The van der Waals surface area contributed by atoms with E-state index in [0.29, 0.717) is 58.5 Å². The maximum Gasteiger partial charge on any atom is 0.261 e. The van der Waals surface area contributed by atoms with Crippen LogP contribution in [0.3, 0.4) is 0 Å². The minimum Gasteiger partial charge on any atom is -0.497 e. The summed E-state index contributed by atoms with van der Waals surface area (Å²) in [4.78, 5) is 0.763. The summed E-state index contributed by atoms with van der Waals surface area (Å²) in [6.07, 6.45) is 3.94. The van der Waals surface area contributed by atoms with Crippen molar-refractivity contribution in [2.45, 2.75) is 156 Å². The first kappa shape index (κ1) is 55.1. The summed E-state index contributed by atoms with van der Waals surface area (Å²) in [5, 5.41) is 4.63. The zero-order valence-electron chi connectivity index (χ0n) is 45.7. The van der Waals surface area contributed by atoms with Crippen LogP contribution in [0.1, 0.15) is 82.3 Å². The lowest BCUT2D eigenvalue weighted by molar-refractivity contribution is -0.281. The highest BCUT2D eigenvalue weighted by molar-refractivity contribution is 7.85. The number of ether oxygens (including phenoxy) is 9. The molecule has 6 aromatic carbocycles. The van der Waals surface area contributed by atoms with Crippen molar-refractivity contribution in [3.05, 3.63) is 181 Å². The Bertz CT molecular complexity index is 2900. The Kier molecular flexibility index (Phi) is 17.6. The fourth-order valence-corrected chi connectivity index (χ4v) is 18.1. The summed E-state index contributed by atoms with van der Waals surface area (Å²) in [6, 6.07) is 52.2. The second kappa shape index (κ2) is 24.9. The van der Waals surface area contributed by atoms with Gasteiger partial charge in [0.1, 0.15) is 18.0 Å². The first-order chi connectivity index (χ1) is 38.0. The predicted molar refractivity (Wildman–Crippen MR) is 306 cm³/mol. The first-order valence-electron chi connectivity index (χ1n) is 28.1. The molecule has 4 fully saturated rings. The van der Waals surface area contributed by atoms with Gasteiger partial charge in [0, 0.05) is 42.9 Å². The van der Waals surface area contributed by atoms with Gasteiger partial charge in [-0.2, -0.15) is 0 Å². The predicted octanol–water partition coefficient (Wildman–Crippen LogP) is 10.9. The molecule has 0 spiro atoms. The molecule has 11 rings (SSSR count). The fourth-order valence-electron chi connectivity index (χ4n) is 12.3. The van der Waals surface area contributed by atoms with Gasteiger partial charge in [-0.25, -0.2) is 0 Å². The number of rotatable bonds is 16. The molecule has 5 aliphatic heterocycles. The van der Waals surface area contributed by atoms with E-state index < -0.39 is 55.9 Å². The number of hydrogen-bond acceptors (Lipinski definition) is 11. The molecular formula is C65H76O11SSi. The molecule has 5 heterocycles. The van der Waals surface area contributed by atoms with E-state index in [2.05, 4.69) is 136 Å². The molecule has 78 heavy (non-hydrogen) atoms. The van der Waals surface area contributed by atoms with Crippen molar-refractivity contribution >= 4 is 40.3 Å². The van der Waals surface area contributed by atoms with Crippen LogP contribution in [0, 0.1) is 6.92 Å². The van der Waals surface area contributed by atoms with Crippen LogP contribution in [-0.2, 0) is 59.7 Å². The maximum atomic E-state index is 14.4. The maximum absolute atomic E-state index is 14.4. The molecule has 0 saturated carbocycles. The van der Waals surface area contributed by atoms with E-state index in [-0.39, 0.29) is 47.4 Å². The molecule has 4 saturated heterocycles. The fraction of sp³-hybridized carbons (Fsp3) is 0.446. The quantitative estimate of drug-likeness (QED) is 0.0683. The Hall–Kier alpha value is -4.87. The SMILES string of the molecule is COc1ccc([C@@H]2OC[C@H]3O[C@@H](CCO[Si](c4ccccc4)(c4ccccc4)C(C)(C)C)[C@H](O[C@H]4C[C@H]5O[C@H]6C[C@@H](OCc7ccc8ccccc8c7)CCO[C@@H]6C[C@@H]5O[C@@H]4C[S@](=O)c4ccc(C)cc4)C/C=C\[C@@H]3O2)cc1. The Morgan fingerprint density at radius 3 is 2.09 bits per heavy atom. The zero-order chi connectivity index (χ0) is 53.6. The third-order valence-corrected chi connectivity index (χ3v) is 22.9. The van der Waals surface area contributed by atoms with Crippen LogP contribution in [0.5, 0.6) is 5.75 Å². The van der Waals surface area contributed by atoms with E-state index in [4.69, 9.17) is 47.1 Å². The topological polar surface area (TPSA) is 109 Å². The lowest BCUT2D eigenvalue weighted by Gasteiger charge is -2.49. The average Bonchev–Trinajstić information content (AvgIpc) is 3.78. The highest BCUT2D eigenvalue weighted by Gasteiger charge is 2.52. The molecule has 0 N–H and O–H groups in total. The highest BCUT2D eigenvalue weighted by Crippen LogP contribution is 2.41. The molecule has 0 unspecified atom stereocenters. The summed E-state index contributed by atoms with van der Waals surface area (Å²) < 4.78 is 82.8. The van der Waals surface area contributed by atoms with E-state index in [9.17, 15) is 4.21 Å². The van der Waals surface area contributed by atoms with Crippen LogP contribution < -0.4 is 15.1 Å². The number of methoxy groups -OCH3 is 1. The van der Waals surface area contributed by atoms with Crippen LogP contribution in [-0.4, -0.2) is 112 Å². The average molecular weight is 1090 g/mol. The molecule has 0 aliphatic carbocycles. The van der Waals surface area contributed by atoms with Gasteiger partial charge in [-0.3, -0.25) is 4.21 Å². The molecule has 6 aromatic rings. The summed E-state index contributed by atoms with van der Waals surface area (Å²) in [5.74, 6) is 1.03. The molecule has 0 aromatic heterocycles. The Balaban J connectivity index is 0.863. The van der Waals surface area contributed by atoms with Crippen LogP contribution >= 0.6 is 0 Å². The van der Waals surface area contributed by atoms with E-state index in [1.807, 2.05) is 55.5 Å². The van der Waals surface area contributed by atoms with Gasteiger partial charge in [-0.15, -0.1) is 0 Å². The highest BCUT2D eigenvalue weighted by atomic mass is 32.2. The first-order valence-corrected chi connectivity index (χ1v) is 31.3. The van der Waals surface area contributed by atoms with E-state index >= 15 is 0 Å². The van der Waals surface area contributed by atoms with Crippen LogP contribution in [0.25, 0.3) is 10.8 Å². The lowest BCUT2D eigenvalue weighted by atomic mass is 9.89. The van der Waals surface area contributed by atoms with Gasteiger partial charge >= 0.3 is 0 Å². The molecule has 5 aliphatic rings. The standard InChI is InChI=1S/C65H76O11SSi/c1-44-23-31-51(32-24-44)77(66)43-63-61(40-60-59(75-63)39-57-58(74-60)38-50(33-35-68-57)69-41-45-25-26-46-15-12-13-16-48(46)37-45)72-54-21-14-22-55-62(42-70-64(76-55)47-27-29-49(67-5)30-28-47)73-56(54)34-36-71-78(65(2,3)4,52-17-8-6-9-18-52)53-19-10-7-11-20-53/h6-20,22-32,37,50,54-64H,21,33-36,38-43H2,1-5H3/b22-14-/t50-,54+,55-,56-,57+,58-,59-,60+,61-,62+,63+,64+,77-/m0/s1. The second-order valence-electron chi connectivity index (χ2n) is 22.7. The summed E-state index contributed by atoms with van der Waals surface area (Å²) in [7, 11) is -2.61. The van der Waals surface area contributed by atoms with Gasteiger partial charge in [-0.05, 0) is 88.3 Å². The smallest absolute Gasteiger partial charge is 0.261 e. The summed E-state index contributed by atoms with van der Waals surface area (Å²) in [6.45, 7) is 10.8. The van der Waals surface area contributed by atoms with Gasteiger partial charge in [0.05, 0.1) is 91.8 Å². The molecular weight excluding hydrogens is 1020 g/mol. The van der Waals surface area contributed by atoms with Gasteiger partial charge in [0.15, 0.2) is 6.29 Å². The second-order valence-corrected chi connectivity index (χ2v) is 28.5. The van der Waals surface area contributed by atoms with Gasteiger partial charge in [0.25, 0.3) is 8.32 Å². The number of aryl methyl sites for hydroxylation is 1. The number of fused-ring (bicyclic) bond motifs is 4. The molecule has 0 amide bonds. The van der Waals surface area contributed by atoms with Crippen molar-refractivity contribution in [3.63, 3.8) is 0 Å². The minimum absolute atomic E-state index is 0.0296. The summed E-state index contributed by atoms with van der Waals surface area (Å²) >= 11 is 0. The van der Waals surface area contributed by atoms with Crippen molar-refractivity contribution < 1.29 is 51.3 Å². The molecule has 412 valence electrons. The monoisotopic (exact) mass is 1090 g/mol. The Labute approximate surface area is 464 Å². The third-order valence-electron chi connectivity index (χ3n) is 16.4. The molecule has 13 atom stereocenters. The van der Waals surface area contributed by atoms with E-state index in [1.165, 1.54) is 21.1 Å². The lowest BCUT2D eigenvalue weighted by Crippen LogP contribution is -2.66. The largest absolute Gasteiger partial charge is 0.497 e. The van der Waals surface area contributed by atoms with Crippen molar-refractivity contribution in [1.29, 1.82) is 0 Å². The number of hydrogen-bond donors (Lipinski definition) is 0. The minimum atomic E-state index is -2.91. The normalized spacial score (nSPS) is 29.4. The van der Waals surface area contributed by atoms with Gasteiger partial charge in [-0.1, -0.05) is 160 Å². The van der Waals surface area contributed by atoms with Crippen molar-refractivity contribution in [1.82, 2.24) is 0 Å². The molecule has 13 heteroatoms. The molecule has 11 nitrogen and oxygen atoms in total. The molecule has 0 radical (unpaired) electrons. The number of benzene rings is 6. The van der Waals surface area contributed by atoms with Crippen molar-refractivity contribution in [2.75, 3.05) is 32.7 Å². The van der Waals surface area contributed by atoms with Crippen LogP contribution in [0.4, 0.5) is 0 Å². The van der Waals surface area contributed by atoms with Gasteiger partial charge < -0.3 is 47.1 Å².